The fourth-order valence-electron chi connectivity index (χ4n) is 4.18. The minimum atomic E-state index is -0.510. The molecule has 0 bridgehead atoms. The molecular formula is C24H28ClFN6O. The Morgan fingerprint density at radius 1 is 1.00 bits per heavy atom. The van der Waals surface area contributed by atoms with Gasteiger partial charge in [-0.1, -0.05) is 30.3 Å². The van der Waals surface area contributed by atoms with Crippen molar-refractivity contribution < 1.29 is 9.23 Å². The molecule has 0 radical (unpaired) electrons. The maximum Gasteiger partial charge on any atom is 0.229 e. The molecule has 7 nitrogen and oxygen atoms in total. The number of hydrogen-bond donors (Lipinski definition) is 1. The van der Waals surface area contributed by atoms with E-state index in [0.29, 0.717) is 12.6 Å². The zero-order chi connectivity index (χ0) is 21.9. The lowest BCUT2D eigenvalue weighted by Gasteiger charge is -2.34. The Morgan fingerprint density at radius 2 is 1.73 bits per heavy atom. The highest BCUT2D eigenvalue weighted by molar-refractivity contribution is 5.85. The van der Waals surface area contributed by atoms with E-state index in [4.69, 9.17) is 4.84 Å². The summed E-state index contributed by atoms with van der Waals surface area (Å²) in [6.45, 7) is 4.68. The van der Waals surface area contributed by atoms with E-state index < -0.39 is 5.82 Å². The molecule has 0 amide bonds. The van der Waals surface area contributed by atoms with E-state index >= 15 is 0 Å². The van der Waals surface area contributed by atoms with Crippen LogP contribution in [-0.2, 0) is 4.84 Å². The maximum atomic E-state index is 14.7. The summed E-state index contributed by atoms with van der Waals surface area (Å²) < 4.78 is 14.7. The van der Waals surface area contributed by atoms with Gasteiger partial charge in [0, 0.05) is 44.0 Å². The van der Waals surface area contributed by atoms with Crippen molar-refractivity contribution in [2.45, 2.75) is 12.5 Å². The van der Waals surface area contributed by atoms with Gasteiger partial charge in [-0.2, -0.15) is 4.98 Å². The summed E-state index contributed by atoms with van der Waals surface area (Å²) in [5.74, 6) is -0.0391. The lowest BCUT2D eigenvalue weighted by Crippen LogP contribution is -2.44. The van der Waals surface area contributed by atoms with Gasteiger partial charge in [-0.05, 0) is 36.9 Å². The molecule has 2 aliphatic rings. The topological polar surface area (TPSA) is 56.8 Å². The first-order chi connectivity index (χ1) is 15.7. The molecule has 2 fully saturated rings. The van der Waals surface area contributed by atoms with Crippen LogP contribution in [-0.4, -0.2) is 54.7 Å². The van der Waals surface area contributed by atoms with Gasteiger partial charge < -0.3 is 15.1 Å². The fourth-order valence-corrected chi connectivity index (χ4v) is 4.18. The number of likely N-dealkylation sites (N-methyl/N-ethyl adjacent to an activating group) is 1. The number of anilines is 4. The SMILES string of the molecule is CN1CCN(c2ccc(Nc3ncc(F)c(N4OCC[C@@H]4c4ccccc4)n3)cc2)CC1.Cl. The molecule has 2 aromatic carbocycles. The van der Waals surface area contributed by atoms with Crippen LogP contribution in [0.1, 0.15) is 18.0 Å². The molecule has 1 aromatic heterocycles. The van der Waals surface area contributed by atoms with Crippen LogP contribution in [0.15, 0.2) is 60.8 Å². The van der Waals surface area contributed by atoms with Crippen LogP contribution in [0.25, 0.3) is 0 Å². The summed E-state index contributed by atoms with van der Waals surface area (Å²) in [4.78, 5) is 19.0. The van der Waals surface area contributed by atoms with E-state index in [0.717, 1.165) is 43.9 Å². The molecule has 0 aliphatic carbocycles. The molecule has 2 aliphatic heterocycles. The quantitative estimate of drug-likeness (QED) is 0.592. The van der Waals surface area contributed by atoms with Crippen molar-refractivity contribution >= 4 is 35.5 Å². The molecule has 3 heterocycles. The molecule has 1 N–H and O–H groups in total. The summed E-state index contributed by atoms with van der Waals surface area (Å²) in [5.41, 5.74) is 3.11. The molecule has 0 unspecified atom stereocenters. The number of aromatic nitrogens is 2. The number of halogens is 2. The predicted molar refractivity (Wildman–Crippen MR) is 131 cm³/mol. The van der Waals surface area contributed by atoms with Gasteiger partial charge >= 0.3 is 0 Å². The van der Waals surface area contributed by atoms with Gasteiger partial charge in [0.1, 0.15) is 0 Å². The van der Waals surface area contributed by atoms with E-state index in [-0.39, 0.29) is 24.3 Å². The van der Waals surface area contributed by atoms with Gasteiger partial charge in [0.05, 0.1) is 18.8 Å². The zero-order valence-corrected chi connectivity index (χ0v) is 19.3. The normalized spacial score (nSPS) is 18.8. The maximum absolute atomic E-state index is 14.7. The Bertz CT molecular complexity index is 1050. The van der Waals surface area contributed by atoms with Crippen LogP contribution < -0.4 is 15.3 Å². The second kappa shape index (κ2) is 10.3. The monoisotopic (exact) mass is 470 g/mol. The Kier molecular flexibility index (Phi) is 7.27. The second-order valence-electron chi connectivity index (χ2n) is 8.20. The lowest BCUT2D eigenvalue weighted by atomic mass is 10.0. The minimum absolute atomic E-state index is 0. The molecule has 174 valence electrons. The van der Waals surface area contributed by atoms with Crippen molar-refractivity contribution in [3.05, 3.63) is 72.2 Å². The third-order valence-corrected chi connectivity index (χ3v) is 6.02. The third kappa shape index (κ3) is 5.19. The minimum Gasteiger partial charge on any atom is -0.369 e. The number of piperazine rings is 1. The highest BCUT2D eigenvalue weighted by Crippen LogP contribution is 2.35. The van der Waals surface area contributed by atoms with Crippen LogP contribution in [0.4, 0.5) is 27.5 Å². The molecular weight excluding hydrogens is 443 g/mol. The summed E-state index contributed by atoms with van der Waals surface area (Å²) in [6.07, 6.45) is 1.96. The number of hydrogen-bond acceptors (Lipinski definition) is 7. The zero-order valence-electron chi connectivity index (χ0n) is 18.5. The van der Waals surface area contributed by atoms with E-state index in [1.165, 1.54) is 11.9 Å². The van der Waals surface area contributed by atoms with Crippen molar-refractivity contribution in [1.29, 1.82) is 0 Å². The molecule has 5 rings (SSSR count). The van der Waals surface area contributed by atoms with Gasteiger partial charge in [0.2, 0.25) is 5.95 Å². The molecule has 2 saturated heterocycles. The summed E-state index contributed by atoms with van der Waals surface area (Å²) in [7, 11) is 2.15. The Balaban J connectivity index is 0.00000259. The van der Waals surface area contributed by atoms with E-state index in [2.05, 4.69) is 44.3 Å². The van der Waals surface area contributed by atoms with Gasteiger partial charge in [0.25, 0.3) is 0 Å². The van der Waals surface area contributed by atoms with E-state index in [1.807, 2.05) is 42.5 Å². The van der Waals surface area contributed by atoms with Crippen molar-refractivity contribution in [2.24, 2.45) is 0 Å². The molecule has 9 heteroatoms. The smallest absolute Gasteiger partial charge is 0.229 e. The largest absolute Gasteiger partial charge is 0.369 e. The van der Waals surface area contributed by atoms with Crippen LogP contribution in [0.2, 0.25) is 0 Å². The Labute approximate surface area is 199 Å². The van der Waals surface area contributed by atoms with Crippen LogP contribution >= 0.6 is 12.4 Å². The first kappa shape index (κ1) is 23.2. The second-order valence-corrected chi connectivity index (χ2v) is 8.20. The van der Waals surface area contributed by atoms with E-state index in [1.54, 1.807) is 5.06 Å². The number of benzene rings is 2. The first-order valence-corrected chi connectivity index (χ1v) is 11.0. The fraction of sp³-hybridized carbons (Fsp3) is 0.333. The van der Waals surface area contributed by atoms with Crippen molar-refractivity contribution in [3.63, 3.8) is 0 Å². The van der Waals surface area contributed by atoms with Gasteiger partial charge in [-0.25, -0.2) is 14.4 Å². The number of hydroxylamine groups is 1. The highest BCUT2D eigenvalue weighted by Gasteiger charge is 2.31. The third-order valence-electron chi connectivity index (χ3n) is 6.02. The van der Waals surface area contributed by atoms with Crippen LogP contribution in [0.3, 0.4) is 0 Å². The van der Waals surface area contributed by atoms with Gasteiger partial charge in [0.15, 0.2) is 11.6 Å². The molecule has 1 atom stereocenters. The van der Waals surface area contributed by atoms with E-state index in [9.17, 15) is 4.39 Å². The van der Waals surface area contributed by atoms with Crippen LogP contribution in [0.5, 0.6) is 0 Å². The first-order valence-electron chi connectivity index (χ1n) is 11.0. The number of rotatable bonds is 5. The molecule has 0 spiro atoms. The summed E-state index contributed by atoms with van der Waals surface area (Å²) in [6, 6.07) is 18.0. The average molecular weight is 471 g/mol. The van der Waals surface area contributed by atoms with Gasteiger partial charge in [-0.3, -0.25) is 4.84 Å². The Morgan fingerprint density at radius 3 is 2.45 bits per heavy atom. The predicted octanol–water partition coefficient (Wildman–Crippen LogP) is 4.42. The highest BCUT2D eigenvalue weighted by atomic mass is 35.5. The standard InChI is InChI=1S/C24H27FN6O.ClH/c1-29-12-14-30(15-13-29)20-9-7-19(8-10-20)27-24-26-17-21(25)23(28-24)31-22(11-16-32-31)18-5-3-2-4-6-18;/h2-10,17,22H,11-16H2,1H3,(H,26,27,28);1H/t22-;/m1./s1. The van der Waals surface area contributed by atoms with Crippen LogP contribution in [0, 0.1) is 5.82 Å². The Hall–Kier alpha value is -2.94. The molecule has 33 heavy (non-hydrogen) atoms. The number of nitrogens with one attached hydrogen (secondary N) is 1. The van der Waals surface area contributed by atoms with Crippen molar-refractivity contribution in [3.8, 4) is 0 Å². The lowest BCUT2D eigenvalue weighted by molar-refractivity contribution is 0.154. The molecule has 3 aromatic rings. The molecule has 0 saturated carbocycles. The summed E-state index contributed by atoms with van der Waals surface area (Å²) >= 11 is 0. The average Bonchev–Trinajstić information content (AvgIpc) is 3.32. The number of nitrogens with zero attached hydrogens (tertiary/aromatic N) is 5. The summed E-state index contributed by atoms with van der Waals surface area (Å²) in [5, 5.41) is 4.75. The van der Waals surface area contributed by atoms with Crippen molar-refractivity contribution in [1.82, 2.24) is 14.9 Å². The van der Waals surface area contributed by atoms with Gasteiger partial charge in [-0.15, -0.1) is 12.4 Å². The van der Waals surface area contributed by atoms with Crippen molar-refractivity contribution in [2.75, 3.05) is 55.1 Å².